The Morgan fingerprint density at radius 2 is 2.12 bits per heavy atom. The Hall–Kier alpha value is -1.86. The number of carbonyl (C=O) groups is 1. The Bertz CT molecular complexity index is 897. The highest BCUT2D eigenvalue weighted by atomic mass is 79.9. The van der Waals surface area contributed by atoms with E-state index in [0.717, 1.165) is 22.6 Å². The first-order chi connectivity index (χ1) is 11.6. The van der Waals surface area contributed by atoms with Crippen LogP contribution in [0.15, 0.2) is 46.9 Å². The minimum Gasteiger partial charge on any atom is -0.324 e. The van der Waals surface area contributed by atoms with Crippen LogP contribution in [0.25, 0.3) is 11.0 Å². The number of thioether (sulfide) groups is 1. The van der Waals surface area contributed by atoms with Gasteiger partial charge in [0.25, 0.3) is 0 Å². The number of hydrogen-bond donors (Lipinski definition) is 1. The summed E-state index contributed by atoms with van der Waals surface area (Å²) >= 11 is 4.91. The van der Waals surface area contributed by atoms with Gasteiger partial charge in [0.1, 0.15) is 18.2 Å². The standard InChI is InChI=1S/C17H15BrFN3OS/c1-24-10-16-20-14-4-2-3-5-15(14)22(16)9-17(23)21-13-7-6-11(19)8-12(13)18/h2-8H,9-10H2,1H3,(H,21,23). The van der Waals surface area contributed by atoms with E-state index in [1.54, 1.807) is 11.8 Å². The largest absolute Gasteiger partial charge is 0.324 e. The van der Waals surface area contributed by atoms with Crippen molar-refractivity contribution in [3.05, 3.63) is 58.6 Å². The molecular weight excluding hydrogens is 393 g/mol. The van der Waals surface area contributed by atoms with Crippen LogP contribution >= 0.6 is 27.7 Å². The third kappa shape index (κ3) is 3.62. The van der Waals surface area contributed by atoms with Crippen LogP contribution in [-0.4, -0.2) is 21.7 Å². The van der Waals surface area contributed by atoms with Crippen molar-refractivity contribution in [3.8, 4) is 0 Å². The van der Waals surface area contributed by atoms with Crippen molar-refractivity contribution in [3.63, 3.8) is 0 Å². The van der Waals surface area contributed by atoms with Gasteiger partial charge in [0.05, 0.1) is 22.5 Å². The van der Waals surface area contributed by atoms with Gasteiger partial charge in [-0.3, -0.25) is 4.79 Å². The highest BCUT2D eigenvalue weighted by Gasteiger charge is 2.14. The summed E-state index contributed by atoms with van der Waals surface area (Å²) in [7, 11) is 0. The topological polar surface area (TPSA) is 46.9 Å². The van der Waals surface area contributed by atoms with E-state index in [9.17, 15) is 9.18 Å². The molecule has 0 fully saturated rings. The molecule has 0 aliphatic rings. The monoisotopic (exact) mass is 407 g/mol. The summed E-state index contributed by atoms with van der Waals surface area (Å²) in [4.78, 5) is 17.0. The number of carbonyl (C=O) groups excluding carboxylic acids is 1. The van der Waals surface area contributed by atoms with E-state index >= 15 is 0 Å². The lowest BCUT2D eigenvalue weighted by molar-refractivity contribution is -0.116. The van der Waals surface area contributed by atoms with E-state index in [2.05, 4.69) is 26.2 Å². The van der Waals surface area contributed by atoms with Gasteiger partial charge in [-0.05, 0) is 52.5 Å². The summed E-state index contributed by atoms with van der Waals surface area (Å²) in [5, 5.41) is 2.80. The predicted octanol–water partition coefficient (Wildman–Crippen LogP) is 4.44. The Labute approximate surface area is 151 Å². The number of fused-ring (bicyclic) bond motifs is 1. The molecule has 1 heterocycles. The number of nitrogens with one attached hydrogen (secondary N) is 1. The second kappa shape index (κ2) is 7.36. The predicted molar refractivity (Wildman–Crippen MR) is 99.7 cm³/mol. The van der Waals surface area contributed by atoms with Gasteiger partial charge in [0, 0.05) is 4.47 Å². The van der Waals surface area contributed by atoms with Crippen molar-refractivity contribution in [1.29, 1.82) is 0 Å². The van der Waals surface area contributed by atoms with Gasteiger partial charge < -0.3 is 9.88 Å². The first-order valence-corrected chi connectivity index (χ1v) is 9.45. The second-order valence-corrected chi connectivity index (χ2v) is 6.93. The molecule has 2 aromatic carbocycles. The van der Waals surface area contributed by atoms with Gasteiger partial charge >= 0.3 is 0 Å². The summed E-state index contributed by atoms with van der Waals surface area (Å²) in [6, 6.07) is 11.9. The molecule has 124 valence electrons. The third-order valence-corrected chi connectivity index (χ3v) is 4.72. The number of rotatable bonds is 5. The molecule has 3 rings (SSSR count). The number of hydrogen-bond acceptors (Lipinski definition) is 3. The van der Waals surface area contributed by atoms with Crippen LogP contribution in [0.1, 0.15) is 5.82 Å². The molecule has 0 saturated carbocycles. The molecular formula is C17H15BrFN3OS. The summed E-state index contributed by atoms with van der Waals surface area (Å²) in [6.45, 7) is 0.153. The number of nitrogens with zero attached hydrogens (tertiary/aromatic N) is 2. The zero-order valence-corrected chi connectivity index (χ0v) is 15.3. The molecule has 1 amide bonds. The molecule has 0 aliphatic carbocycles. The van der Waals surface area contributed by atoms with E-state index in [1.165, 1.54) is 18.2 Å². The maximum atomic E-state index is 13.1. The number of anilines is 1. The number of para-hydroxylation sites is 2. The molecule has 24 heavy (non-hydrogen) atoms. The molecule has 1 N–H and O–H groups in total. The number of amides is 1. The average molecular weight is 408 g/mol. The third-order valence-electron chi connectivity index (χ3n) is 3.51. The molecule has 7 heteroatoms. The highest BCUT2D eigenvalue weighted by Crippen LogP contribution is 2.24. The first kappa shape index (κ1) is 17.0. The SMILES string of the molecule is CSCc1nc2ccccc2n1CC(=O)Nc1ccc(F)cc1Br. The first-order valence-electron chi connectivity index (χ1n) is 7.26. The summed E-state index contributed by atoms with van der Waals surface area (Å²) in [6.07, 6.45) is 2.00. The van der Waals surface area contributed by atoms with Gasteiger partial charge in [-0.25, -0.2) is 9.37 Å². The van der Waals surface area contributed by atoms with Crippen LogP contribution in [-0.2, 0) is 17.1 Å². The normalized spacial score (nSPS) is 11.0. The van der Waals surface area contributed by atoms with Crippen LogP contribution in [0.5, 0.6) is 0 Å². The van der Waals surface area contributed by atoms with E-state index < -0.39 is 0 Å². The number of aromatic nitrogens is 2. The maximum Gasteiger partial charge on any atom is 0.244 e. The zero-order valence-electron chi connectivity index (χ0n) is 12.9. The maximum absolute atomic E-state index is 13.1. The molecule has 0 spiro atoms. The van der Waals surface area contributed by atoms with Crippen molar-refractivity contribution >= 4 is 50.3 Å². The molecule has 0 unspecified atom stereocenters. The summed E-state index contributed by atoms with van der Waals surface area (Å²) < 4.78 is 15.6. The van der Waals surface area contributed by atoms with Crippen LogP contribution < -0.4 is 5.32 Å². The second-order valence-electron chi connectivity index (χ2n) is 5.21. The van der Waals surface area contributed by atoms with Crippen molar-refractivity contribution in [2.24, 2.45) is 0 Å². The Morgan fingerprint density at radius 1 is 1.33 bits per heavy atom. The van der Waals surface area contributed by atoms with Crippen molar-refractivity contribution in [2.45, 2.75) is 12.3 Å². The average Bonchev–Trinajstić information content (AvgIpc) is 2.88. The Morgan fingerprint density at radius 3 is 2.88 bits per heavy atom. The fourth-order valence-corrected chi connectivity index (χ4v) is 3.39. The Kier molecular flexibility index (Phi) is 5.20. The quantitative estimate of drug-likeness (QED) is 0.679. The van der Waals surface area contributed by atoms with Crippen LogP contribution in [0.3, 0.4) is 0 Å². The zero-order chi connectivity index (χ0) is 17.1. The van der Waals surface area contributed by atoms with Crippen molar-refractivity contribution in [2.75, 3.05) is 11.6 Å². The molecule has 0 aliphatic heterocycles. The lowest BCUT2D eigenvalue weighted by atomic mass is 10.3. The fourth-order valence-electron chi connectivity index (χ4n) is 2.47. The lowest BCUT2D eigenvalue weighted by Gasteiger charge is -2.11. The molecule has 0 atom stereocenters. The number of benzene rings is 2. The summed E-state index contributed by atoms with van der Waals surface area (Å²) in [5.41, 5.74) is 2.34. The van der Waals surface area contributed by atoms with Gasteiger partial charge in [0.15, 0.2) is 0 Å². The molecule has 0 radical (unpaired) electrons. The highest BCUT2D eigenvalue weighted by molar-refractivity contribution is 9.10. The molecule has 0 saturated heterocycles. The Balaban J connectivity index is 1.85. The minimum absolute atomic E-state index is 0.153. The van der Waals surface area contributed by atoms with E-state index in [4.69, 9.17) is 0 Å². The number of imidazole rings is 1. The van der Waals surface area contributed by atoms with Crippen molar-refractivity contribution in [1.82, 2.24) is 9.55 Å². The molecule has 1 aromatic heterocycles. The van der Waals surface area contributed by atoms with E-state index in [1.807, 2.05) is 35.1 Å². The van der Waals surface area contributed by atoms with Crippen LogP contribution in [0.4, 0.5) is 10.1 Å². The van der Waals surface area contributed by atoms with Crippen LogP contribution in [0.2, 0.25) is 0 Å². The van der Waals surface area contributed by atoms with E-state index in [-0.39, 0.29) is 18.3 Å². The van der Waals surface area contributed by atoms with E-state index in [0.29, 0.717) is 10.2 Å². The van der Waals surface area contributed by atoms with Gasteiger partial charge in [-0.1, -0.05) is 12.1 Å². The summed E-state index contributed by atoms with van der Waals surface area (Å²) in [5.74, 6) is 1.04. The smallest absolute Gasteiger partial charge is 0.244 e. The molecule has 0 bridgehead atoms. The van der Waals surface area contributed by atoms with Crippen LogP contribution in [0, 0.1) is 5.82 Å². The fraction of sp³-hybridized carbons (Fsp3) is 0.176. The molecule has 3 aromatic rings. The lowest BCUT2D eigenvalue weighted by Crippen LogP contribution is -2.20. The van der Waals surface area contributed by atoms with Crippen molar-refractivity contribution < 1.29 is 9.18 Å². The van der Waals surface area contributed by atoms with Gasteiger partial charge in [-0.2, -0.15) is 11.8 Å². The van der Waals surface area contributed by atoms with Gasteiger partial charge in [0.2, 0.25) is 5.91 Å². The van der Waals surface area contributed by atoms with Gasteiger partial charge in [-0.15, -0.1) is 0 Å². The number of halogens is 2. The minimum atomic E-state index is -0.359. The molecule has 4 nitrogen and oxygen atoms in total.